The van der Waals surface area contributed by atoms with Crippen LogP contribution in [0, 0.1) is 0 Å². The molecule has 29 heavy (non-hydrogen) atoms. The number of rotatable bonds is 10. The van der Waals surface area contributed by atoms with Crippen LogP contribution >= 0.6 is 0 Å². The van der Waals surface area contributed by atoms with E-state index in [-0.39, 0.29) is 6.61 Å². The average molecular weight is 404 g/mol. The molecule has 8 heteroatoms. The number of imide groups is 1. The first kappa shape index (κ1) is 22.3. The molecule has 0 saturated heterocycles. The van der Waals surface area contributed by atoms with Crippen LogP contribution in [-0.2, 0) is 14.3 Å². The Morgan fingerprint density at radius 3 is 2.38 bits per heavy atom. The molecular weight excluding hydrogens is 376 g/mol. The number of ether oxygens (including phenoxy) is 3. The number of esters is 1. The highest BCUT2D eigenvalue weighted by molar-refractivity contribution is 5.95. The fourth-order valence-electron chi connectivity index (χ4n) is 2.80. The Hall–Kier alpha value is -3.03. The minimum absolute atomic E-state index is 0.345. The van der Waals surface area contributed by atoms with E-state index in [9.17, 15) is 14.4 Å². The molecule has 1 aliphatic rings. The van der Waals surface area contributed by atoms with Gasteiger partial charge >= 0.3 is 12.0 Å². The van der Waals surface area contributed by atoms with Crippen LogP contribution in [0.3, 0.4) is 0 Å². The summed E-state index contributed by atoms with van der Waals surface area (Å²) in [5.74, 6) is -0.234. The third-order valence-electron chi connectivity index (χ3n) is 4.23. The first-order valence-corrected chi connectivity index (χ1v) is 9.83. The normalized spacial score (nSPS) is 13.1. The lowest BCUT2D eigenvalue weighted by molar-refractivity contribution is -0.150. The summed E-state index contributed by atoms with van der Waals surface area (Å²) in [6.45, 7) is 2.01. The summed E-state index contributed by atoms with van der Waals surface area (Å²) in [7, 11) is 0. The quantitative estimate of drug-likeness (QED) is 0.459. The molecule has 158 valence electrons. The van der Waals surface area contributed by atoms with E-state index >= 15 is 0 Å². The molecule has 2 rings (SSSR count). The van der Waals surface area contributed by atoms with Gasteiger partial charge in [0.1, 0.15) is 11.5 Å². The summed E-state index contributed by atoms with van der Waals surface area (Å²) in [4.78, 5) is 35.0. The number of hydrogen-bond acceptors (Lipinski definition) is 6. The van der Waals surface area contributed by atoms with E-state index in [0.717, 1.165) is 19.3 Å². The van der Waals surface area contributed by atoms with Gasteiger partial charge in [0.15, 0.2) is 13.2 Å². The number of hydrogen-bond donors (Lipinski definition) is 2. The third kappa shape index (κ3) is 9.14. The van der Waals surface area contributed by atoms with Crippen molar-refractivity contribution in [3.8, 4) is 11.5 Å². The predicted molar refractivity (Wildman–Crippen MR) is 107 cm³/mol. The molecule has 1 aromatic carbocycles. The standard InChI is InChI=1S/C21H28N2O6/c1-2-27-17-8-10-18(11-9-17)28-15-20(25)29-14-19(24)23-21(26)22-13-12-16-6-4-3-5-7-16/h6,8-11H,2-5,7,12-15H2,1H3,(H2,22,23,24,26). The number of nitrogens with one attached hydrogen (secondary N) is 2. The number of carbonyl (C=O) groups is 3. The van der Waals surface area contributed by atoms with E-state index in [2.05, 4.69) is 16.7 Å². The molecule has 1 aromatic rings. The van der Waals surface area contributed by atoms with Gasteiger partial charge in [0.05, 0.1) is 6.61 Å². The number of carbonyl (C=O) groups excluding carboxylic acids is 3. The SMILES string of the molecule is CCOc1ccc(OCC(=O)OCC(=O)NC(=O)NCCC2=CCCCC2)cc1. The fourth-order valence-corrected chi connectivity index (χ4v) is 2.80. The minimum atomic E-state index is -0.710. The molecule has 0 aliphatic heterocycles. The van der Waals surface area contributed by atoms with Crippen LogP contribution in [0.25, 0.3) is 0 Å². The van der Waals surface area contributed by atoms with E-state index < -0.39 is 24.5 Å². The van der Waals surface area contributed by atoms with Crippen LogP contribution < -0.4 is 20.1 Å². The molecule has 0 bridgehead atoms. The van der Waals surface area contributed by atoms with Crippen molar-refractivity contribution in [2.45, 2.75) is 39.0 Å². The van der Waals surface area contributed by atoms with Crippen molar-refractivity contribution in [3.63, 3.8) is 0 Å². The van der Waals surface area contributed by atoms with Crippen molar-refractivity contribution in [2.75, 3.05) is 26.4 Å². The van der Waals surface area contributed by atoms with Gasteiger partial charge < -0.3 is 19.5 Å². The van der Waals surface area contributed by atoms with Crippen molar-refractivity contribution in [3.05, 3.63) is 35.9 Å². The molecule has 0 spiro atoms. The lowest BCUT2D eigenvalue weighted by Gasteiger charge is -2.13. The summed E-state index contributed by atoms with van der Waals surface area (Å²) in [6.07, 6.45) is 7.55. The van der Waals surface area contributed by atoms with Crippen LogP contribution in [0.15, 0.2) is 35.9 Å². The van der Waals surface area contributed by atoms with E-state index in [1.807, 2.05) is 6.92 Å². The minimum Gasteiger partial charge on any atom is -0.494 e. The maximum Gasteiger partial charge on any atom is 0.344 e. The van der Waals surface area contributed by atoms with Crippen LogP contribution in [0.4, 0.5) is 4.79 Å². The highest BCUT2D eigenvalue weighted by atomic mass is 16.6. The first-order chi connectivity index (χ1) is 14.1. The number of allylic oxidation sites excluding steroid dienone is 1. The highest BCUT2D eigenvalue weighted by Crippen LogP contribution is 2.19. The Morgan fingerprint density at radius 1 is 1.00 bits per heavy atom. The largest absolute Gasteiger partial charge is 0.494 e. The van der Waals surface area contributed by atoms with E-state index in [0.29, 0.717) is 24.7 Å². The molecule has 0 saturated carbocycles. The van der Waals surface area contributed by atoms with Crippen molar-refractivity contribution in [2.24, 2.45) is 0 Å². The van der Waals surface area contributed by atoms with Gasteiger partial charge in [-0.15, -0.1) is 0 Å². The smallest absolute Gasteiger partial charge is 0.344 e. The first-order valence-electron chi connectivity index (χ1n) is 9.83. The Balaban J connectivity index is 1.56. The molecule has 1 aliphatic carbocycles. The molecule has 3 amide bonds. The summed E-state index contributed by atoms with van der Waals surface area (Å²) in [6, 6.07) is 6.17. The number of benzene rings is 1. The highest BCUT2D eigenvalue weighted by Gasteiger charge is 2.12. The van der Waals surface area contributed by atoms with Crippen LogP contribution in [0.2, 0.25) is 0 Å². The summed E-state index contributed by atoms with van der Waals surface area (Å²) in [5.41, 5.74) is 1.34. The zero-order chi connectivity index (χ0) is 20.9. The molecular formula is C21H28N2O6. The third-order valence-corrected chi connectivity index (χ3v) is 4.23. The molecule has 0 radical (unpaired) electrons. The van der Waals surface area contributed by atoms with Crippen LogP contribution in [-0.4, -0.2) is 44.3 Å². The van der Waals surface area contributed by atoms with Gasteiger partial charge in [-0.25, -0.2) is 9.59 Å². The Morgan fingerprint density at radius 2 is 1.72 bits per heavy atom. The molecule has 2 N–H and O–H groups in total. The van der Waals surface area contributed by atoms with E-state index in [1.165, 1.54) is 18.4 Å². The Labute approximate surface area is 170 Å². The van der Waals surface area contributed by atoms with E-state index in [4.69, 9.17) is 14.2 Å². The topological polar surface area (TPSA) is 103 Å². The molecule has 8 nitrogen and oxygen atoms in total. The van der Waals surface area contributed by atoms with Crippen LogP contribution in [0.5, 0.6) is 11.5 Å². The lowest BCUT2D eigenvalue weighted by Crippen LogP contribution is -2.42. The Kier molecular flexibility index (Phi) is 9.54. The fraction of sp³-hybridized carbons (Fsp3) is 0.476. The number of urea groups is 1. The number of amides is 3. The average Bonchev–Trinajstić information content (AvgIpc) is 2.73. The van der Waals surface area contributed by atoms with Crippen LogP contribution in [0.1, 0.15) is 39.0 Å². The van der Waals surface area contributed by atoms with Gasteiger partial charge in [0.2, 0.25) is 0 Å². The van der Waals surface area contributed by atoms with Crippen molar-refractivity contribution in [1.29, 1.82) is 0 Å². The predicted octanol–water partition coefficient (Wildman–Crippen LogP) is 2.72. The monoisotopic (exact) mass is 404 g/mol. The van der Waals surface area contributed by atoms with Gasteiger partial charge in [-0.3, -0.25) is 10.1 Å². The summed E-state index contributed by atoms with van der Waals surface area (Å²) in [5, 5.41) is 4.75. The maximum atomic E-state index is 11.7. The molecule has 0 aromatic heterocycles. The molecule has 0 fully saturated rings. The molecule has 0 unspecified atom stereocenters. The lowest BCUT2D eigenvalue weighted by atomic mass is 9.97. The van der Waals surface area contributed by atoms with Gasteiger partial charge in [-0.2, -0.15) is 0 Å². The van der Waals surface area contributed by atoms with Crippen molar-refractivity contribution < 1.29 is 28.6 Å². The van der Waals surface area contributed by atoms with E-state index in [1.54, 1.807) is 24.3 Å². The van der Waals surface area contributed by atoms with Crippen molar-refractivity contribution in [1.82, 2.24) is 10.6 Å². The second kappa shape index (κ2) is 12.4. The second-order valence-corrected chi connectivity index (χ2v) is 6.52. The zero-order valence-electron chi connectivity index (χ0n) is 16.7. The van der Waals surface area contributed by atoms with Gasteiger partial charge in [0.25, 0.3) is 5.91 Å². The molecule has 0 heterocycles. The Bertz CT molecular complexity index is 714. The van der Waals surface area contributed by atoms with Crippen molar-refractivity contribution >= 4 is 17.9 Å². The van der Waals surface area contributed by atoms with Gasteiger partial charge in [-0.1, -0.05) is 11.6 Å². The van der Waals surface area contributed by atoms with Gasteiger partial charge in [-0.05, 0) is 63.3 Å². The van der Waals surface area contributed by atoms with Gasteiger partial charge in [0, 0.05) is 6.54 Å². The summed E-state index contributed by atoms with van der Waals surface area (Å²) < 4.78 is 15.4. The molecule has 0 atom stereocenters. The second-order valence-electron chi connectivity index (χ2n) is 6.52. The zero-order valence-corrected chi connectivity index (χ0v) is 16.7. The maximum absolute atomic E-state index is 11.7. The summed E-state index contributed by atoms with van der Waals surface area (Å²) >= 11 is 0.